The van der Waals surface area contributed by atoms with E-state index < -0.39 is 0 Å². The molecule has 8 heteroatoms. The van der Waals surface area contributed by atoms with Crippen LogP contribution in [0.5, 0.6) is 0 Å². The summed E-state index contributed by atoms with van der Waals surface area (Å²) in [4.78, 5) is 32.6. The Morgan fingerprint density at radius 1 is 1.14 bits per heavy atom. The minimum absolute atomic E-state index is 0.0249. The molecule has 1 amide bonds. The molecule has 0 aromatic carbocycles. The number of thiazole rings is 2. The van der Waals surface area contributed by atoms with Gasteiger partial charge in [-0.15, -0.1) is 22.7 Å². The highest BCUT2D eigenvalue weighted by Crippen LogP contribution is 2.12. The van der Waals surface area contributed by atoms with E-state index in [1.54, 1.807) is 26.5 Å². The second kappa shape index (κ2) is 11.0. The van der Waals surface area contributed by atoms with Gasteiger partial charge in [0.1, 0.15) is 0 Å². The number of carbonyl (C=O) groups is 2. The number of aldehydes is 1. The highest BCUT2D eigenvalue weighted by atomic mass is 32.1. The third kappa shape index (κ3) is 7.96. The van der Waals surface area contributed by atoms with Crippen LogP contribution in [0.2, 0.25) is 0 Å². The number of hydrogen-bond donors (Lipinski definition) is 1. The Morgan fingerprint density at radius 2 is 1.64 bits per heavy atom. The third-order valence-corrected chi connectivity index (χ3v) is 3.69. The molecule has 0 saturated heterocycles. The number of hydrogen-bond acceptors (Lipinski definition) is 7. The highest BCUT2D eigenvalue weighted by Gasteiger charge is 2.10. The molecule has 2 aromatic heterocycles. The lowest BCUT2D eigenvalue weighted by atomic mass is 10.6. The van der Waals surface area contributed by atoms with Gasteiger partial charge in [-0.25, -0.2) is 9.97 Å². The zero-order valence-corrected chi connectivity index (χ0v) is 15.3. The van der Waals surface area contributed by atoms with Crippen molar-refractivity contribution in [2.45, 2.75) is 13.8 Å². The Hall–Kier alpha value is -1.64. The molecular weight excluding hydrogens is 320 g/mol. The van der Waals surface area contributed by atoms with E-state index in [-0.39, 0.29) is 5.91 Å². The monoisotopic (exact) mass is 342 g/mol. The van der Waals surface area contributed by atoms with E-state index in [4.69, 9.17) is 0 Å². The SMILES string of the molecule is CNC.Cc1cnc(C(=O)N(C)C)s1.Cc1cnc(C=O)s1. The zero-order valence-electron chi connectivity index (χ0n) is 13.7. The van der Waals surface area contributed by atoms with Gasteiger partial charge in [-0.2, -0.15) is 0 Å². The predicted octanol–water partition coefficient (Wildman–Crippen LogP) is 2.25. The van der Waals surface area contributed by atoms with E-state index in [9.17, 15) is 9.59 Å². The molecule has 0 aliphatic carbocycles. The topological polar surface area (TPSA) is 75.2 Å². The van der Waals surface area contributed by atoms with Gasteiger partial charge in [0.2, 0.25) is 0 Å². The Labute approximate surface area is 139 Å². The number of nitrogens with one attached hydrogen (secondary N) is 1. The molecule has 22 heavy (non-hydrogen) atoms. The van der Waals surface area contributed by atoms with Crippen LogP contribution in [-0.4, -0.2) is 55.3 Å². The second-order valence-corrected chi connectivity index (χ2v) is 6.90. The number of amides is 1. The molecule has 6 nitrogen and oxygen atoms in total. The molecular formula is C14H22N4O2S2. The summed E-state index contributed by atoms with van der Waals surface area (Å²) in [6, 6.07) is 0. The smallest absolute Gasteiger partial charge is 0.282 e. The van der Waals surface area contributed by atoms with E-state index in [0.29, 0.717) is 10.0 Å². The number of aromatic nitrogens is 2. The highest BCUT2D eigenvalue weighted by molar-refractivity contribution is 7.13. The second-order valence-electron chi connectivity index (χ2n) is 4.40. The fraction of sp³-hybridized carbons (Fsp3) is 0.429. The molecule has 2 heterocycles. The number of aryl methyl sites for hydroxylation is 2. The zero-order chi connectivity index (χ0) is 17.1. The van der Waals surface area contributed by atoms with E-state index in [1.165, 1.54) is 27.6 Å². The molecule has 0 aliphatic heterocycles. The summed E-state index contributed by atoms with van der Waals surface area (Å²) >= 11 is 2.83. The summed E-state index contributed by atoms with van der Waals surface area (Å²) in [5.41, 5.74) is 0. The standard InChI is InChI=1S/C7H10N2OS.C5H5NOS.C2H7N/c1-5-4-8-6(11-5)7(10)9(2)3;1-4-2-6-5(3-7)8-4;1-3-2/h4H,1-3H3;2-3H,1H3;3H,1-2H3. The first kappa shape index (κ1) is 20.4. The van der Waals surface area contributed by atoms with Crippen molar-refractivity contribution in [3.05, 3.63) is 32.2 Å². The first-order chi connectivity index (χ1) is 10.3. The van der Waals surface area contributed by atoms with Crippen LogP contribution >= 0.6 is 22.7 Å². The van der Waals surface area contributed by atoms with Crippen LogP contribution in [0.15, 0.2) is 12.4 Å². The fourth-order valence-corrected chi connectivity index (χ4v) is 2.45. The largest absolute Gasteiger partial charge is 0.343 e. The predicted molar refractivity (Wildman–Crippen MR) is 92.1 cm³/mol. The lowest BCUT2D eigenvalue weighted by Crippen LogP contribution is -2.21. The van der Waals surface area contributed by atoms with Crippen LogP contribution in [0.25, 0.3) is 0 Å². The molecule has 0 fully saturated rings. The van der Waals surface area contributed by atoms with Gasteiger partial charge in [-0.3, -0.25) is 9.59 Å². The van der Waals surface area contributed by atoms with Crippen LogP contribution < -0.4 is 5.32 Å². The van der Waals surface area contributed by atoms with Crippen molar-refractivity contribution in [1.82, 2.24) is 20.2 Å². The molecule has 1 N–H and O–H groups in total. The number of rotatable bonds is 2. The van der Waals surface area contributed by atoms with Crippen LogP contribution in [0, 0.1) is 13.8 Å². The van der Waals surface area contributed by atoms with Crippen LogP contribution in [0.3, 0.4) is 0 Å². The molecule has 2 aromatic rings. The van der Waals surface area contributed by atoms with Gasteiger partial charge in [0.05, 0.1) is 0 Å². The molecule has 2 rings (SSSR count). The van der Waals surface area contributed by atoms with Crippen LogP contribution in [0.1, 0.15) is 29.4 Å². The van der Waals surface area contributed by atoms with E-state index in [2.05, 4.69) is 15.3 Å². The van der Waals surface area contributed by atoms with Gasteiger partial charge < -0.3 is 10.2 Å². The summed E-state index contributed by atoms with van der Waals surface area (Å²) in [5, 5.41) is 3.87. The van der Waals surface area contributed by atoms with Gasteiger partial charge in [0.15, 0.2) is 16.3 Å². The Bertz CT molecular complexity index is 579. The van der Waals surface area contributed by atoms with Gasteiger partial charge >= 0.3 is 0 Å². The van der Waals surface area contributed by atoms with Crippen molar-refractivity contribution in [3.63, 3.8) is 0 Å². The molecule has 0 atom stereocenters. The quantitative estimate of drug-likeness (QED) is 0.847. The molecule has 0 radical (unpaired) electrons. The lowest BCUT2D eigenvalue weighted by molar-refractivity contribution is 0.0827. The maximum atomic E-state index is 11.2. The van der Waals surface area contributed by atoms with E-state index >= 15 is 0 Å². The van der Waals surface area contributed by atoms with Gasteiger partial charge in [0, 0.05) is 36.2 Å². The summed E-state index contributed by atoms with van der Waals surface area (Å²) < 4.78 is 0. The number of carbonyl (C=O) groups excluding carboxylic acids is 2. The maximum absolute atomic E-state index is 11.2. The summed E-state index contributed by atoms with van der Waals surface area (Å²) in [6.45, 7) is 3.86. The molecule has 0 spiro atoms. The van der Waals surface area contributed by atoms with Crippen molar-refractivity contribution in [2.75, 3.05) is 28.2 Å². The number of nitrogens with zero attached hydrogens (tertiary/aromatic N) is 3. The molecule has 0 saturated carbocycles. The normalized spacial score (nSPS) is 9.00. The maximum Gasteiger partial charge on any atom is 0.282 e. The van der Waals surface area contributed by atoms with Crippen LogP contribution in [0.4, 0.5) is 0 Å². The van der Waals surface area contributed by atoms with Gasteiger partial charge in [-0.1, -0.05) is 0 Å². The van der Waals surface area contributed by atoms with E-state index in [0.717, 1.165) is 16.0 Å². The van der Waals surface area contributed by atoms with Crippen molar-refractivity contribution in [1.29, 1.82) is 0 Å². The molecule has 0 bridgehead atoms. The molecule has 122 valence electrons. The van der Waals surface area contributed by atoms with Gasteiger partial charge in [0.25, 0.3) is 5.91 Å². The summed E-state index contributed by atoms with van der Waals surface area (Å²) in [6.07, 6.45) is 4.16. The minimum atomic E-state index is -0.0249. The Morgan fingerprint density at radius 3 is 1.91 bits per heavy atom. The fourth-order valence-electron chi connectivity index (χ4n) is 1.07. The first-order valence-corrected chi connectivity index (χ1v) is 8.09. The Balaban J connectivity index is 0.000000352. The molecule has 0 aliphatic rings. The lowest BCUT2D eigenvalue weighted by Gasteiger charge is -2.05. The Kier molecular flexibility index (Phi) is 10.2. The first-order valence-electron chi connectivity index (χ1n) is 6.45. The summed E-state index contributed by atoms with van der Waals surface area (Å²) in [5.74, 6) is -0.0249. The van der Waals surface area contributed by atoms with Crippen molar-refractivity contribution < 1.29 is 9.59 Å². The van der Waals surface area contributed by atoms with E-state index in [1.807, 2.05) is 27.9 Å². The van der Waals surface area contributed by atoms with Gasteiger partial charge in [-0.05, 0) is 27.9 Å². The van der Waals surface area contributed by atoms with Crippen molar-refractivity contribution in [3.8, 4) is 0 Å². The van der Waals surface area contributed by atoms with Crippen LogP contribution in [-0.2, 0) is 0 Å². The van der Waals surface area contributed by atoms with Crippen molar-refractivity contribution in [2.24, 2.45) is 0 Å². The average Bonchev–Trinajstić information content (AvgIpc) is 3.08. The molecule has 0 unspecified atom stereocenters. The average molecular weight is 342 g/mol. The summed E-state index contributed by atoms with van der Waals surface area (Å²) in [7, 11) is 7.19. The minimum Gasteiger partial charge on any atom is -0.343 e. The van der Waals surface area contributed by atoms with Crippen molar-refractivity contribution >= 4 is 34.9 Å². The third-order valence-electron chi connectivity index (χ3n) is 1.95.